The van der Waals surface area contributed by atoms with E-state index in [2.05, 4.69) is 23.3 Å². The summed E-state index contributed by atoms with van der Waals surface area (Å²) in [6.45, 7) is 0.942. The van der Waals surface area contributed by atoms with E-state index in [1.165, 1.54) is 11.3 Å². The minimum atomic E-state index is -0.115. The van der Waals surface area contributed by atoms with Gasteiger partial charge in [-0.1, -0.05) is 0 Å². The second kappa shape index (κ2) is 5.55. The molecular formula is C11H14N2O2S2. The molecule has 0 atom stereocenters. The van der Waals surface area contributed by atoms with Crippen molar-refractivity contribution in [3.05, 3.63) is 16.3 Å². The molecule has 1 heterocycles. The number of carbonyl (C=O) groups is 2. The van der Waals surface area contributed by atoms with E-state index in [0.717, 1.165) is 17.7 Å². The van der Waals surface area contributed by atoms with Gasteiger partial charge in [0.1, 0.15) is 0 Å². The number of rotatable bonds is 5. The molecule has 2 amide bonds. The van der Waals surface area contributed by atoms with Crippen LogP contribution in [0.4, 0.5) is 0 Å². The molecule has 0 aliphatic heterocycles. The number of nitrogens with one attached hydrogen (secondary N) is 2. The third-order valence-corrected chi connectivity index (χ3v) is 3.83. The van der Waals surface area contributed by atoms with E-state index in [1.54, 1.807) is 6.07 Å². The minimum absolute atomic E-state index is 0.105. The Bertz CT molecular complexity index is 427. The van der Waals surface area contributed by atoms with Crippen LogP contribution in [0.2, 0.25) is 0 Å². The average Bonchev–Trinajstić information content (AvgIpc) is 3.07. The van der Waals surface area contributed by atoms with Gasteiger partial charge in [0.15, 0.2) is 0 Å². The Morgan fingerprint density at radius 2 is 2.06 bits per heavy atom. The molecule has 1 aliphatic rings. The fourth-order valence-electron chi connectivity index (χ4n) is 1.38. The first kappa shape index (κ1) is 12.4. The van der Waals surface area contributed by atoms with E-state index in [0.29, 0.717) is 18.0 Å². The summed E-state index contributed by atoms with van der Waals surface area (Å²) in [5.74, 6) is 0.207. The molecule has 1 aliphatic carbocycles. The zero-order valence-corrected chi connectivity index (χ0v) is 10.9. The van der Waals surface area contributed by atoms with E-state index in [1.807, 2.05) is 5.38 Å². The molecule has 1 aromatic rings. The van der Waals surface area contributed by atoms with Crippen molar-refractivity contribution in [3.63, 3.8) is 0 Å². The van der Waals surface area contributed by atoms with Crippen LogP contribution in [0.25, 0.3) is 0 Å². The molecule has 6 heteroatoms. The zero-order valence-electron chi connectivity index (χ0n) is 9.23. The molecule has 0 radical (unpaired) electrons. The van der Waals surface area contributed by atoms with Crippen molar-refractivity contribution in [1.29, 1.82) is 0 Å². The lowest BCUT2D eigenvalue weighted by molar-refractivity contribution is -0.122. The van der Waals surface area contributed by atoms with Crippen LogP contribution in [0.1, 0.15) is 22.5 Å². The maximum atomic E-state index is 11.6. The fourth-order valence-corrected chi connectivity index (χ4v) is 2.45. The first-order chi connectivity index (χ1) is 8.16. The summed E-state index contributed by atoms with van der Waals surface area (Å²) >= 11 is 5.50. The SMILES string of the molecule is O=C(NCCNC(=O)C1CC1)c1cc(S)cs1. The van der Waals surface area contributed by atoms with Crippen molar-refractivity contribution in [2.24, 2.45) is 5.92 Å². The van der Waals surface area contributed by atoms with Gasteiger partial charge >= 0.3 is 0 Å². The Hall–Kier alpha value is -1.01. The summed E-state index contributed by atoms with van der Waals surface area (Å²) in [7, 11) is 0. The normalized spacial score (nSPS) is 14.4. The smallest absolute Gasteiger partial charge is 0.261 e. The molecule has 1 aromatic heterocycles. The Labute approximate surface area is 109 Å². The molecule has 0 spiro atoms. The minimum Gasteiger partial charge on any atom is -0.354 e. The van der Waals surface area contributed by atoms with Gasteiger partial charge < -0.3 is 10.6 Å². The van der Waals surface area contributed by atoms with Crippen molar-refractivity contribution in [1.82, 2.24) is 10.6 Å². The highest BCUT2D eigenvalue weighted by atomic mass is 32.1. The predicted molar refractivity (Wildman–Crippen MR) is 69.6 cm³/mol. The first-order valence-electron chi connectivity index (χ1n) is 5.50. The Kier molecular flexibility index (Phi) is 4.06. The lowest BCUT2D eigenvalue weighted by atomic mass is 10.4. The van der Waals surface area contributed by atoms with Crippen molar-refractivity contribution in [2.75, 3.05) is 13.1 Å². The Morgan fingerprint density at radius 3 is 2.65 bits per heavy atom. The highest BCUT2D eigenvalue weighted by Crippen LogP contribution is 2.28. The van der Waals surface area contributed by atoms with Crippen LogP contribution < -0.4 is 10.6 Å². The van der Waals surface area contributed by atoms with Gasteiger partial charge in [0, 0.05) is 29.3 Å². The van der Waals surface area contributed by atoms with E-state index in [9.17, 15) is 9.59 Å². The van der Waals surface area contributed by atoms with Gasteiger partial charge in [0.25, 0.3) is 5.91 Å². The van der Waals surface area contributed by atoms with Gasteiger partial charge in [-0.3, -0.25) is 9.59 Å². The van der Waals surface area contributed by atoms with E-state index < -0.39 is 0 Å². The number of amides is 2. The van der Waals surface area contributed by atoms with Gasteiger partial charge in [-0.15, -0.1) is 24.0 Å². The first-order valence-corrected chi connectivity index (χ1v) is 6.83. The van der Waals surface area contributed by atoms with Crippen molar-refractivity contribution in [3.8, 4) is 0 Å². The highest BCUT2D eigenvalue weighted by Gasteiger charge is 2.28. The molecule has 0 aromatic carbocycles. The van der Waals surface area contributed by atoms with Gasteiger partial charge in [-0.2, -0.15) is 0 Å². The Balaban J connectivity index is 1.64. The second-order valence-corrected chi connectivity index (χ2v) is 5.42. The monoisotopic (exact) mass is 270 g/mol. The summed E-state index contributed by atoms with van der Waals surface area (Å²) in [5, 5.41) is 7.35. The summed E-state index contributed by atoms with van der Waals surface area (Å²) in [6, 6.07) is 1.73. The van der Waals surface area contributed by atoms with Crippen LogP contribution in [-0.2, 0) is 4.79 Å². The summed E-state index contributed by atoms with van der Waals surface area (Å²) < 4.78 is 0. The van der Waals surface area contributed by atoms with Crippen LogP contribution in [0.15, 0.2) is 16.3 Å². The average molecular weight is 270 g/mol. The van der Waals surface area contributed by atoms with Gasteiger partial charge in [-0.25, -0.2) is 0 Å². The molecule has 0 saturated heterocycles. The Morgan fingerprint density at radius 1 is 1.35 bits per heavy atom. The number of thiol groups is 1. The second-order valence-electron chi connectivity index (χ2n) is 3.99. The molecule has 2 rings (SSSR count). The maximum absolute atomic E-state index is 11.6. The number of hydrogen-bond acceptors (Lipinski definition) is 4. The highest BCUT2D eigenvalue weighted by molar-refractivity contribution is 7.80. The lowest BCUT2D eigenvalue weighted by Crippen LogP contribution is -2.35. The molecule has 0 bridgehead atoms. The van der Waals surface area contributed by atoms with Crippen molar-refractivity contribution >= 4 is 35.8 Å². The quantitative estimate of drug-likeness (QED) is 0.558. The number of hydrogen-bond donors (Lipinski definition) is 3. The molecular weight excluding hydrogens is 256 g/mol. The summed E-state index contributed by atoms with van der Waals surface area (Å²) in [4.78, 5) is 24.3. The topological polar surface area (TPSA) is 58.2 Å². The maximum Gasteiger partial charge on any atom is 0.261 e. The van der Waals surface area contributed by atoms with E-state index in [4.69, 9.17) is 0 Å². The van der Waals surface area contributed by atoms with Crippen LogP contribution in [0, 0.1) is 5.92 Å². The van der Waals surface area contributed by atoms with Crippen LogP contribution in [-0.4, -0.2) is 24.9 Å². The van der Waals surface area contributed by atoms with Crippen LogP contribution >= 0.6 is 24.0 Å². The number of carbonyl (C=O) groups excluding carboxylic acids is 2. The predicted octanol–water partition coefficient (Wildman–Crippen LogP) is 1.29. The van der Waals surface area contributed by atoms with Crippen molar-refractivity contribution in [2.45, 2.75) is 17.7 Å². The van der Waals surface area contributed by atoms with Crippen LogP contribution in [0.5, 0.6) is 0 Å². The lowest BCUT2D eigenvalue weighted by Gasteiger charge is -2.05. The van der Waals surface area contributed by atoms with Gasteiger partial charge in [0.2, 0.25) is 5.91 Å². The summed E-state index contributed by atoms with van der Waals surface area (Å²) in [5.41, 5.74) is 0. The molecule has 0 unspecified atom stereocenters. The molecule has 2 N–H and O–H groups in total. The van der Waals surface area contributed by atoms with Gasteiger partial charge in [0.05, 0.1) is 4.88 Å². The molecule has 92 valence electrons. The van der Waals surface area contributed by atoms with E-state index in [-0.39, 0.29) is 17.7 Å². The largest absolute Gasteiger partial charge is 0.354 e. The van der Waals surface area contributed by atoms with E-state index >= 15 is 0 Å². The number of thiophene rings is 1. The van der Waals surface area contributed by atoms with Gasteiger partial charge in [-0.05, 0) is 18.9 Å². The van der Waals surface area contributed by atoms with Crippen LogP contribution in [0.3, 0.4) is 0 Å². The molecule has 4 nitrogen and oxygen atoms in total. The standard InChI is InChI=1S/C11H14N2O2S2/c14-10(7-1-2-7)12-3-4-13-11(15)9-5-8(16)6-17-9/h5-7,16H,1-4H2,(H,12,14)(H,13,15). The zero-order chi connectivity index (χ0) is 12.3. The summed E-state index contributed by atoms with van der Waals surface area (Å²) in [6.07, 6.45) is 2.00. The molecule has 17 heavy (non-hydrogen) atoms. The fraction of sp³-hybridized carbons (Fsp3) is 0.455. The molecule has 1 fully saturated rings. The van der Waals surface area contributed by atoms with Crippen molar-refractivity contribution < 1.29 is 9.59 Å². The molecule has 1 saturated carbocycles. The third kappa shape index (κ3) is 3.74. The third-order valence-electron chi connectivity index (χ3n) is 2.47.